The van der Waals surface area contributed by atoms with Crippen molar-refractivity contribution in [3.8, 4) is 17.2 Å². The summed E-state index contributed by atoms with van der Waals surface area (Å²) < 4.78 is 17.8. The van der Waals surface area contributed by atoms with Crippen molar-refractivity contribution < 1.29 is 14.2 Å². The minimum Gasteiger partial charge on any atom is -0.488 e. The number of benzene rings is 3. The standard InChI is InChI=1S/C22H20O3S/c1-16(14-23-15-17-7-3-2-4-8-17)24-18-11-12-22-20(13-18)25-19-9-5-6-10-21(19)26-22/h2-13,16H,14-15H2,1H3. The van der Waals surface area contributed by atoms with Gasteiger partial charge in [0.05, 0.1) is 23.0 Å². The molecule has 4 heteroatoms. The maximum absolute atomic E-state index is 6.01. The largest absolute Gasteiger partial charge is 0.488 e. The summed E-state index contributed by atoms with van der Waals surface area (Å²) >= 11 is 1.72. The summed E-state index contributed by atoms with van der Waals surface area (Å²) in [6.07, 6.45) is -0.0414. The van der Waals surface area contributed by atoms with Crippen LogP contribution in [0.15, 0.2) is 82.6 Å². The summed E-state index contributed by atoms with van der Waals surface area (Å²) in [5, 5.41) is 0. The third-order valence-corrected chi connectivity index (χ3v) is 5.12. The van der Waals surface area contributed by atoms with Crippen molar-refractivity contribution in [1.82, 2.24) is 0 Å². The minimum absolute atomic E-state index is 0.0414. The van der Waals surface area contributed by atoms with Crippen molar-refractivity contribution in [3.05, 3.63) is 78.4 Å². The van der Waals surface area contributed by atoms with Crippen LogP contribution in [0.2, 0.25) is 0 Å². The molecule has 0 aromatic heterocycles. The van der Waals surface area contributed by atoms with Crippen LogP contribution < -0.4 is 9.47 Å². The summed E-state index contributed by atoms with van der Waals surface area (Å²) in [6, 6.07) is 24.2. The van der Waals surface area contributed by atoms with Crippen molar-refractivity contribution in [2.75, 3.05) is 6.61 Å². The van der Waals surface area contributed by atoms with Gasteiger partial charge in [-0.1, -0.05) is 54.2 Å². The Morgan fingerprint density at radius 2 is 1.65 bits per heavy atom. The average molecular weight is 364 g/mol. The third kappa shape index (κ3) is 4.03. The zero-order valence-electron chi connectivity index (χ0n) is 14.6. The second kappa shape index (κ2) is 7.85. The second-order valence-corrected chi connectivity index (χ2v) is 7.27. The molecule has 4 rings (SSSR count). The highest BCUT2D eigenvalue weighted by Gasteiger charge is 2.18. The fourth-order valence-corrected chi connectivity index (χ4v) is 3.70. The molecule has 0 fully saturated rings. The van der Waals surface area contributed by atoms with Gasteiger partial charge in [-0.25, -0.2) is 0 Å². The van der Waals surface area contributed by atoms with E-state index in [2.05, 4.69) is 18.2 Å². The first-order chi connectivity index (χ1) is 12.8. The van der Waals surface area contributed by atoms with E-state index in [1.54, 1.807) is 11.8 Å². The normalized spacial score (nSPS) is 13.3. The molecule has 0 radical (unpaired) electrons. The summed E-state index contributed by atoms with van der Waals surface area (Å²) in [5.74, 6) is 2.52. The monoisotopic (exact) mass is 364 g/mol. The number of rotatable bonds is 6. The average Bonchev–Trinajstić information content (AvgIpc) is 2.67. The molecule has 1 aliphatic rings. The van der Waals surface area contributed by atoms with E-state index < -0.39 is 0 Å². The van der Waals surface area contributed by atoms with Crippen LogP contribution in [0.1, 0.15) is 12.5 Å². The van der Waals surface area contributed by atoms with Crippen LogP contribution in [0.5, 0.6) is 17.2 Å². The Morgan fingerprint density at radius 3 is 2.54 bits per heavy atom. The Morgan fingerprint density at radius 1 is 0.885 bits per heavy atom. The quantitative estimate of drug-likeness (QED) is 0.424. The van der Waals surface area contributed by atoms with Crippen LogP contribution in [-0.4, -0.2) is 12.7 Å². The van der Waals surface area contributed by atoms with Gasteiger partial charge < -0.3 is 14.2 Å². The van der Waals surface area contributed by atoms with E-state index in [1.165, 1.54) is 0 Å². The molecule has 132 valence electrons. The highest BCUT2D eigenvalue weighted by atomic mass is 32.2. The highest BCUT2D eigenvalue weighted by Crippen LogP contribution is 2.47. The smallest absolute Gasteiger partial charge is 0.145 e. The summed E-state index contributed by atoms with van der Waals surface area (Å²) in [7, 11) is 0. The first-order valence-corrected chi connectivity index (χ1v) is 9.47. The van der Waals surface area contributed by atoms with Crippen molar-refractivity contribution in [2.24, 2.45) is 0 Å². The van der Waals surface area contributed by atoms with Crippen molar-refractivity contribution >= 4 is 11.8 Å². The number of para-hydroxylation sites is 1. The Hall–Kier alpha value is -2.43. The molecule has 0 bridgehead atoms. The molecular weight excluding hydrogens is 344 g/mol. The molecule has 1 aliphatic heterocycles. The zero-order valence-corrected chi connectivity index (χ0v) is 15.4. The molecule has 0 saturated carbocycles. The lowest BCUT2D eigenvalue weighted by Gasteiger charge is -2.21. The zero-order chi connectivity index (χ0) is 17.8. The Labute approximate surface area is 157 Å². The van der Waals surface area contributed by atoms with Crippen molar-refractivity contribution in [1.29, 1.82) is 0 Å². The van der Waals surface area contributed by atoms with Gasteiger partial charge in [0.1, 0.15) is 23.4 Å². The van der Waals surface area contributed by atoms with Gasteiger partial charge in [0, 0.05) is 6.07 Å². The molecule has 1 heterocycles. The Bertz CT molecular complexity index is 880. The van der Waals surface area contributed by atoms with E-state index in [0.29, 0.717) is 13.2 Å². The molecule has 3 aromatic carbocycles. The molecular formula is C22H20O3S. The molecule has 3 aromatic rings. The van der Waals surface area contributed by atoms with Gasteiger partial charge in [0.15, 0.2) is 0 Å². The number of hydrogen-bond donors (Lipinski definition) is 0. The van der Waals surface area contributed by atoms with Gasteiger partial charge in [0.25, 0.3) is 0 Å². The Kier molecular flexibility index (Phi) is 5.14. The third-order valence-electron chi connectivity index (χ3n) is 4.01. The summed E-state index contributed by atoms with van der Waals surface area (Å²) in [5.41, 5.74) is 1.16. The lowest BCUT2D eigenvalue weighted by Crippen LogP contribution is -2.19. The second-order valence-electron chi connectivity index (χ2n) is 6.19. The molecule has 1 atom stereocenters. The molecule has 0 N–H and O–H groups in total. The maximum atomic E-state index is 6.01. The fraction of sp³-hybridized carbons (Fsp3) is 0.182. The van der Waals surface area contributed by atoms with Crippen LogP contribution in [0.3, 0.4) is 0 Å². The number of ether oxygens (including phenoxy) is 3. The maximum Gasteiger partial charge on any atom is 0.145 e. The first-order valence-electron chi connectivity index (χ1n) is 8.65. The van der Waals surface area contributed by atoms with E-state index >= 15 is 0 Å². The molecule has 0 aliphatic carbocycles. The van der Waals surface area contributed by atoms with Crippen molar-refractivity contribution in [3.63, 3.8) is 0 Å². The molecule has 0 spiro atoms. The van der Waals surface area contributed by atoms with E-state index in [1.807, 2.05) is 61.5 Å². The van der Waals surface area contributed by atoms with Gasteiger partial charge in [-0.3, -0.25) is 0 Å². The van der Waals surface area contributed by atoms with Gasteiger partial charge in [0.2, 0.25) is 0 Å². The number of hydrogen-bond acceptors (Lipinski definition) is 4. The van der Waals surface area contributed by atoms with Crippen LogP contribution >= 0.6 is 11.8 Å². The van der Waals surface area contributed by atoms with Gasteiger partial charge in [-0.05, 0) is 36.8 Å². The van der Waals surface area contributed by atoms with Gasteiger partial charge in [-0.15, -0.1) is 0 Å². The molecule has 26 heavy (non-hydrogen) atoms. The first kappa shape index (κ1) is 17.0. The van der Waals surface area contributed by atoms with E-state index in [9.17, 15) is 0 Å². The van der Waals surface area contributed by atoms with Gasteiger partial charge in [-0.2, -0.15) is 0 Å². The molecule has 3 nitrogen and oxygen atoms in total. The van der Waals surface area contributed by atoms with E-state index in [-0.39, 0.29) is 6.10 Å². The summed E-state index contributed by atoms with van der Waals surface area (Å²) in [4.78, 5) is 2.24. The van der Waals surface area contributed by atoms with E-state index in [4.69, 9.17) is 14.2 Å². The van der Waals surface area contributed by atoms with Crippen LogP contribution in [0.25, 0.3) is 0 Å². The topological polar surface area (TPSA) is 27.7 Å². The molecule has 0 amide bonds. The van der Waals surface area contributed by atoms with E-state index in [0.717, 1.165) is 32.6 Å². The predicted molar refractivity (Wildman–Crippen MR) is 103 cm³/mol. The van der Waals surface area contributed by atoms with Crippen LogP contribution in [0, 0.1) is 0 Å². The predicted octanol–water partition coefficient (Wildman–Crippen LogP) is 5.93. The minimum atomic E-state index is -0.0414. The van der Waals surface area contributed by atoms with Gasteiger partial charge >= 0.3 is 0 Å². The summed E-state index contributed by atoms with van der Waals surface area (Å²) in [6.45, 7) is 3.13. The molecule has 0 saturated heterocycles. The fourth-order valence-electron chi connectivity index (χ4n) is 2.76. The molecule has 1 unspecified atom stereocenters. The lowest BCUT2D eigenvalue weighted by molar-refractivity contribution is 0.0492. The number of fused-ring (bicyclic) bond motifs is 2. The Balaban J connectivity index is 1.34. The van der Waals surface area contributed by atoms with Crippen LogP contribution in [0.4, 0.5) is 0 Å². The SMILES string of the molecule is CC(COCc1ccccc1)Oc1ccc2c(c1)Oc1ccccc1S2. The highest BCUT2D eigenvalue weighted by molar-refractivity contribution is 7.99. The van der Waals surface area contributed by atoms with Crippen molar-refractivity contribution in [2.45, 2.75) is 29.4 Å². The lowest BCUT2D eigenvalue weighted by atomic mass is 10.2. The van der Waals surface area contributed by atoms with Crippen LogP contribution in [-0.2, 0) is 11.3 Å².